The van der Waals surface area contributed by atoms with Crippen LogP contribution >= 0.6 is 0 Å². The molecule has 0 heterocycles. The molecule has 0 aliphatic heterocycles. The fourth-order valence-corrected chi connectivity index (χ4v) is 2.25. The lowest BCUT2D eigenvalue weighted by Gasteiger charge is -2.29. The molecule has 0 aromatic carbocycles. The number of rotatable bonds is 8. The minimum atomic E-state index is -0.911. The normalized spacial score (nSPS) is 15.2. The fraction of sp³-hybridized carbons (Fsp3) is 0.714. The first-order valence-corrected chi connectivity index (χ1v) is 6.64. The third-order valence-corrected chi connectivity index (χ3v) is 3.93. The molecule has 0 aromatic rings. The number of carboxylic acids is 1. The second-order valence-corrected chi connectivity index (χ2v) is 5.04. The summed E-state index contributed by atoms with van der Waals surface area (Å²) in [5.74, 6) is -0.918. The van der Waals surface area contributed by atoms with Crippen LogP contribution in [0.25, 0.3) is 0 Å². The van der Waals surface area contributed by atoms with E-state index in [0.29, 0.717) is 25.4 Å². The monoisotopic (exact) mass is 253 g/mol. The standard InChI is InChI=1S/C14H23NO3/c1-4-9-15(11-7-8-11)12(16)10-14(5-2,6-3)13(17)18/h4,11H,1,5-10H2,2-3H3,(H,17,18). The maximum Gasteiger partial charge on any atom is 0.310 e. The first-order valence-electron chi connectivity index (χ1n) is 6.64. The fourth-order valence-electron chi connectivity index (χ4n) is 2.25. The van der Waals surface area contributed by atoms with Crippen LogP contribution in [0, 0.1) is 5.41 Å². The van der Waals surface area contributed by atoms with Gasteiger partial charge in [0.2, 0.25) is 5.91 Å². The summed E-state index contributed by atoms with van der Waals surface area (Å²) < 4.78 is 0. The van der Waals surface area contributed by atoms with Gasteiger partial charge < -0.3 is 10.0 Å². The molecule has 0 unspecified atom stereocenters. The third-order valence-electron chi connectivity index (χ3n) is 3.93. The SMILES string of the molecule is C=CCN(C(=O)CC(CC)(CC)C(=O)O)C1CC1. The molecule has 0 saturated heterocycles. The van der Waals surface area contributed by atoms with E-state index in [0.717, 1.165) is 12.8 Å². The predicted octanol–water partition coefficient (Wildman–Crippen LogP) is 2.44. The molecule has 1 saturated carbocycles. The van der Waals surface area contributed by atoms with Crippen molar-refractivity contribution >= 4 is 11.9 Å². The van der Waals surface area contributed by atoms with E-state index < -0.39 is 11.4 Å². The number of hydrogen-bond acceptors (Lipinski definition) is 2. The van der Waals surface area contributed by atoms with Crippen LogP contribution in [0.15, 0.2) is 12.7 Å². The van der Waals surface area contributed by atoms with Crippen LogP contribution in [0.1, 0.15) is 46.0 Å². The molecule has 1 N–H and O–H groups in total. The highest BCUT2D eigenvalue weighted by Gasteiger charge is 2.40. The van der Waals surface area contributed by atoms with Gasteiger partial charge in [-0.05, 0) is 25.7 Å². The van der Waals surface area contributed by atoms with E-state index in [-0.39, 0.29) is 12.3 Å². The highest BCUT2D eigenvalue weighted by Crippen LogP contribution is 2.34. The van der Waals surface area contributed by atoms with Crippen LogP contribution in [-0.2, 0) is 9.59 Å². The summed E-state index contributed by atoms with van der Waals surface area (Å²) in [4.78, 5) is 25.4. The molecule has 0 atom stereocenters. The van der Waals surface area contributed by atoms with Crippen molar-refractivity contribution in [1.29, 1.82) is 0 Å². The van der Waals surface area contributed by atoms with Gasteiger partial charge in [0, 0.05) is 19.0 Å². The van der Waals surface area contributed by atoms with Crippen LogP contribution in [0.2, 0.25) is 0 Å². The van der Waals surface area contributed by atoms with Crippen molar-refractivity contribution in [2.24, 2.45) is 5.41 Å². The van der Waals surface area contributed by atoms with Gasteiger partial charge in [-0.25, -0.2) is 0 Å². The lowest BCUT2D eigenvalue weighted by atomic mass is 9.79. The largest absolute Gasteiger partial charge is 0.481 e. The summed E-state index contributed by atoms with van der Waals surface area (Å²) in [7, 11) is 0. The van der Waals surface area contributed by atoms with Crippen molar-refractivity contribution in [3.05, 3.63) is 12.7 Å². The molecule has 1 fully saturated rings. The zero-order chi connectivity index (χ0) is 13.8. The van der Waals surface area contributed by atoms with Gasteiger partial charge in [0.25, 0.3) is 0 Å². The topological polar surface area (TPSA) is 57.6 Å². The van der Waals surface area contributed by atoms with Crippen LogP contribution in [0.4, 0.5) is 0 Å². The maximum atomic E-state index is 12.3. The summed E-state index contributed by atoms with van der Waals surface area (Å²) in [6, 6.07) is 0.302. The Balaban J connectivity index is 2.75. The number of hydrogen-bond donors (Lipinski definition) is 1. The van der Waals surface area contributed by atoms with Gasteiger partial charge in [0.1, 0.15) is 0 Å². The molecule has 0 spiro atoms. The van der Waals surface area contributed by atoms with Crippen LogP contribution in [0.5, 0.6) is 0 Å². The minimum Gasteiger partial charge on any atom is -0.481 e. The first kappa shape index (κ1) is 14.7. The van der Waals surface area contributed by atoms with Crippen LogP contribution in [-0.4, -0.2) is 34.5 Å². The Morgan fingerprint density at radius 3 is 2.28 bits per heavy atom. The van der Waals surface area contributed by atoms with E-state index in [4.69, 9.17) is 0 Å². The summed E-state index contributed by atoms with van der Waals surface area (Å²) in [6.45, 7) is 7.84. The lowest BCUT2D eigenvalue weighted by Crippen LogP contribution is -2.40. The van der Waals surface area contributed by atoms with E-state index >= 15 is 0 Å². The summed E-state index contributed by atoms with van der Waals surface area (Å²) >= 11 is 0. The molecule has 4 nitrogen and oxygen atoms in total. The average Bonchev–Trinajstić information content (AvgIpc) is 3.16. The Labute approximate surface area is 109 Å². The number of aliphatic carboxylic acids is 1. The third kappa shape index (κ3) is 3.12. The highest BCUT2D eigenvalue weighted by molar-refractivity contribution is 5.85. The Morgan fingerprint density at radius 1 is 1.39 bits per heavy atom. The first-order chi connectivity index (χ1) is 8.50. The van der Waals surface area contributed by atoms with Crippen molar-refractivity contribution in [3.8, 4) is 0 Å². The molecule has 0 radical (unpaired) electrons. The van der Waals surface area contributed by atoms with Gasteiger partial charge in [0.15, 0.2) is 0 Å². The molecule has 4 heteroatoms. The van der Waals surface area contributed by atoms with Crippen LogP contribution in [0.3, 0.4) is 0 Å². The van der Waals surface area contributed by atoms with Crippen molar-refractivity contribution < 1.29 is 14.7 Å². The van der Waals surface area contributed by atoms with E-state index in [9.17, 15) is 14.7 Å². The molecule has 0 bridgehead atoms. The zero-order valence-corrected chi connectivity index (χ0v) is 11.3. The van der Waals surface area contributed by atoms with Gasteiger partial charge in [-0.15, -0.1) is 6.58 Å². The molecular formula is C14H23NO3. The average molecular weight is 253 g/mol. The van der Waals surface area contributed by atoms with Gasteiger partial charge in [-0.1, -0.05) is 19.9 Å². The molecule has 1 rings (SSSR count). The number of nitrogens with zero attached hydrogens (tertiary/aromatic N) is 1. The van der Waals surface area contributed by atoms with Gasteiger partial charge in [0.05, 0.1) is 5.41 Å². The predicted molar refractivity (Wildman–Crippen MR) is 70.2 cm³/mol. The summed E-state index contributed by atoms with van der Waals surface area (Å²) in [6.07, 6.45) is 4.82. The van der Waals surface area contributed by atoms with Crippen molar-refractivity contribution in [1.82, 2.24) is 4.90 Å². The van der Waals surface area contributed by atoms with Gasteiger partial charge >= 0.3 is 5.97 Å². The Bertz CT molecular complexity index is 330. The zero-order valence-electron chi connectivity index (χ0n) is 11.3. The summed E-state index contributed by atoms with van der Waals surface area (Å²) in [5, 5.41) is 9.35. The Hall–Kier alpha value is -1.32. The second kappa shape index (κ2) is 6.03. The molecule has 0 aromatic heterocycles. The lowest BCUT2D eigenvalue weighted by molar-refractivity contribution is -0.154. The number of carbonyl (C=O) groups is 2. The Kier molecular flexibility index (Phi) is 4.93. The number of amides is 1. The van der Waals surface area contributed by atoms with Crippen LogP contribution < -0.4 is 0 Å². The Morgan fingerprint density at radius 2 is 1.94 bits per heavy atom. The van der Waals surface area contributed by atoms with E-state index in [2.05, 4.69) is 6.58 Å². The molecule has 1 amide bonds. The highest BCUT2D eigenvalue weighted by atomic mass is 16.4. The number of carboxylic acid groups (broad SMARTS) is 1. The molecular weight excluding hydrogens is 230 g/mol. The quantitative estimate of drug-likeness (QED) is 0.676. The van der Waals surface area contributed by atoms with Gasteiger partial charge in [-0.2, -0.15) is 0 Å². The minimum absolute atomic E-state index is 0.0523. The van der Waals surface area contributed by atoms with Crippen molar-refractivity contribution in [2.75, 3.05) is 6.54 Å². The van der Waals surface area contributed by atoms with Gasteiger partial charge in [-0.3, -0.25) is 9.59 Å². The van der Waals surface area contributed by atoms with E-state index in [1.807, 2.05) is 13.8 Å². The van der Waals surface area contributed by atoms with E-state index in [1.54, 1.807) is 11.0 Å². The molecule has 18 heavy (non-hydrogen) atoms. The number of carbonyl (C=O) groups excluding carboxylic acids is 1. The summed E-state index contributed by atoms with van der Waals surface area (Å²) in [5.41, 5.74) is -0.911. The van der Waals surface area contributed by atoms with Crippen molar-refractivity contribution in [2.45, 2.75) is 52.0 Å². The second-order valence-electron chi connectivity index (χ2n) is 5.04. The van der Waals surface area contributed by atoms with Crippen molar-refractivity contribution in [3.63, 3.8) is 0 Å². The molecule has 1 aliphatic rings. The molecule has 102 valence electrons. The smallest absolute Gasteiger partial charge is 0.310 e. The maximum absolute atomic E-state index is 12.3. The van der Waals surface area contributed by atoms with E-state index in [1.165, 1.54) is 0 Å². The molecule has 1 aliphatic carbocycles.